The van der Waals surface area contributed by atoms with Crippen LogP contribution in [-0.2, 0) is 4.74 Å². The molecule has 15 heavy (non-hydrogen) atoms. The van der Waals surface area contributed by atoms with Crippen LogP contribution in [0.25, 0.3) is 0 Å². The largest absolute Gasteiger partial charge is 0.376 e. The minimum absolute atomic E-state index is 0.226. The molecule has 0 aromatic rings. The highest BCUT2D eigenvalue weighted by atomic mass is 16.5. The number of hydrogen-bond donors (Lipinski definition) is 1. The Morgan fingerprint density at radius 3 is 2.07 bits per heavy atom. The van der Waals surface area contributed by atoms with E-state index in [1.54, 1.807) is 0 Å². The van der Waals surface area contributed by atoms with Gasteiger partial charge in [0.2, 0.25) is 0 Å². The zero-order chi connectivity index (χ0) is 11.7. The predicted octanol–water partition coefficient (Wildman–Crippen LogP) is 2.68. The molecule has 0 bridgehead atoms. The molecule has 0 aliphatic carbocycles. The van der Waals surface area contributed by atoms with E-state index in [0.29, 0.717) is 17.4 Å². The Morgan fingerprint density at radius 1 is 1.00 bits per heavy atom. The third-order valence-corrected chi connectivity index (χ3v) is 3.27. The van der Waals surface area contributed by atoms with Crippen molar-refractivity contribution in [2.75, 3.05) is 19.7 Å². The number of rotatable bonds is 0. The van der Waals surface area contributed by atoms with Crippen molar-refractivity contribution in [1.29, 1.82) is 0 Å². The summed E-state index contributed by atoms with van der Waals surface area (Å²) in [6, 6.07) is 0. The average Bonchev–Trinajstić information content (AvgIpc) is 2.24. The van der Waals surface area contributed by atoms with Crippen molar-refractivity contribution < 1.29 is 4.74 Å². The van der Waals surface area contributed by atoms with Gasteiger partial charge in [0, 0.05) is 19.0 Å². The lowest BCUT2D eigenvalue weighted by atomic mass is 9.70. The normalized spacial score (nSPS) is 30.0. The molecule has 0 aromatic heterocycles. The third kappa shape index (κ3) is 3.46. The summed E-state index contributed by atoms with van der Waals surface area (Å²) in [4.78, 5) is 0. The molecule has 2 unspecified atom stereocenters. The van der Waals surface area contributed by atoms with Gasteiger partial charge >= 0.3 is 0 Å². The van der Waals surface area contributed by atoms with Crippen molar-refractivity contribution in [3.8, 4) is 0 Å². The molecular formula is C13H27NO. The van der Waals surface area contributed by atoms with Crippen molar-refractivity contribution >= 4 is 0 Å². The molecule has 90 valence electrons. The molecule has 2 atom stereocenters. The van der Waals surface area contributed by atoms with Crippen LogP contribution in [0.5, 0.6) is 0 Å². The van der Waals surface area contributed by atoms with E-state index in [0.717, 1.165) is 19.7 Å². The van der Waals surface area contributed by atoms with E-state index in [2.05, 4.69) is 46.9 Å². The second-order valence-corrected chi connectivity index (χ2v) is 6.83. The van der Waals surface area contributed by atoms with E-state index in [1.807, 2.05) is 0 Å². The van der Waals surface area contributed by atoms with Gasteiger partial charge in [-0.15, -0.1) is 0 Å². The zero-order valence-corrected chi connectivity index (χ0v) is 11.2. The van der Waals surface area contributed by atoms with Crippen LogP contribution in [0.2, 0.25) is 0 Å². The topological polar surface area (TPSA) is 21.3 Å². The second kappa shape index (κ2) is 4.42. The lowest BCUT2D eigenvalue weighted by molar-refractivity contribution is -0.0682. The molecular weight excluding hydrogens is 186 g/mol. The van der Waals surface area contributed by atoms with Gasteiger partial charge in [-0.25, -0.2) is 0 Å². The zero-order valence-electron chi connectivity index (χ0n) is 11.2. The monoisotopic (exact) mass is 213 g/mol. The van der Waals surface area contributed by atoms with Crippen LogP contribution in [0, 0.1) is 16.7 Å². The van der Waals surface area contributed by atoms with Gasteiger partial charge in [0.25, 0.3) is 0 Å². The fourth-order valence-corrected chi connectivity index (χ4v) is 2.35. The maximum atomic E-state index is 6.04. The minimum atomic E-state index is 0.226. The van der Waals surface area contributed by atoms with E-state index < -0.39 is 0 Å². The Hall–Kier alpha value is -0.0800. The summed E-state index contributed by atoms with van der Waals surface area (Å²) in [7, 11) is 0. The quantitative estimate of drug-likeness (QED) is 0.668. The molecule has 0 saturated carbocycles. The van der Waals surface area contributed by atoms with Crippen LogP contribution in [0.3, 0.4) is 0 Å². The van der Waals surface area contributed by atoms with Crippen LogP contribution in [0.15, 0.2) is 0 Å². The molecule has 0 aromatic carbocycles. The molecule has 1 N–H and O–H groups in total. The summed E-state index contributed by atoms with van der Waals surface area (Å²) < 4.78 is 6.04. The summed E-state index contributed by atoms with van der Waals surface area (Å²) >= 11 is 0. The molecule has 1 heterocycles. The van der Waals surface area contributed by atoms with Crippen LogP contribution >= 0.6 is 0 Å². The molecule has 1 saturated heterocycles. The molecule has 0 spiro atoms. The number of ether oxygens (including phenoxy) is 1. The van der Waals surface area contributed by atoms with Crippen LogP contribution in [-0.4, -0.2) is 25.8 Å². The van der Waals surface area contributed by atoms with Crippen molar-refractivity contribution in [1.82, 2.24) is 5.32 Å². The lowest BCUT2D eigenvalue weighted by Crippen LogP contribution is -2.44. The van der Waals surface area contributed by atoms with E-state index in [1.165, 1.54) is 0 Å². The van der Waals surface area contributed by atoms with E-state index in [9.17, 15) is 0 Å². The summed E-state index contributed by atoms with van der Waals surface area (Å²) in [6.45, 7) is 16.7. The van der Waals surface area contributed by atoms with Gasteiger partial charge in [0.05, 0.1) is 12.7 Å². The van der Waals surface area contributed by atoms with Gasteiger partial charge in [-0.2, -0.15) is 0 Å². The first-order chi connectivity index (χ1) is 6.73. The summed E-state index contributed by atoms with van der Waals surface area (Å²) in [5.74, 6) is 0.583. The SMILES string of the molecule is CC(C)(C)C1CNCCOC1C(C)(C)C. The van der Waals surface area contributed by atoms with Crippen LogP contribution in [0.4, 0.5) is 0 Å². The Balaban J connectivity index is 2.86. The predicted molar refractivity (Wildman–Crippen MR) is 65.0 cm³/mol. The number of nitrogens with one attached hydrogen (secondary N) is 1. The maximum absolute atomic E-state index is 6.04. The van der Waals surface area contributed by atoms with Crippen molar-refractivity contribution in [2.24, 2.45) is 16.7 Å². The van der Waals surface area contributed by atoms with Gasteiger partial charge in [0.1, 0.15) is 0 Å². The second-order valence-electron chi connectivity index (χ2n) is 6.83. The smallest absolute Gasteiger partial charge is 0.0669 e. The van der Waals surface area contributed by atoms with Crippen molar-refractivity contribution in [3.63, 3.8) is 0 Å². The Bertz CT molecular complexity index is 178. The first-order valence-corrected chi connectivity index (χ1v) is 6.05. The van der Waals surface area contributed by atoms with Gasteiger partial charge in [-0.1, -0.05) is 41.5 Å². The first-order valence-electron chi connectivity index (χ1n) is 6.05. The molecule has 1 aliphatic heterocycles. The first kappa shape index (κ1) is 13.0. The Kier molecular flexibility index (Phi) is 3.83. The highest BCUT2D eigenvalue weighted by molar-refractivity contribution is 4.90. The van der Waals surface area contributed by atoms with Crippen LogP contribution < -0.4 is 5.32 Å². The molecule has 0 radical (unpaired) electrons. The highest BCUT2D eigenvalue weighted by Gasteiger charge is 2.40. The molecule has 1 fully saturated rings. The van der Waals surface area contributed by atoms with E-state index >= 15 is 0 Å². The minimum Gasteiger partial charge on any atom is -0.376 e. The molecule has 2 heteroatoms. The fourth-order valence-electron chi connectivity index (χ4n) is 2.35. The molecule has 2 nitrogen and oxygen atoms in total. The van der Waals surface area contributed by atoms with Gasteiger partial charge in [-0.3, -0.25) is 0 Å². The van der Waals surface area contributed by atoms with E-state index in [-0.39, 0.29) is 5.41 Å². The molecule has 1 rings (SSSR count). The van der Waals surface area contributed by atoms with Gasteiger partial charge in [0.15, 0.2) is 0 Å². The maximum Gasteiger partial charge on any atom is 0.0669 e. The van der Waals surface area contributed by atoms with Gasteiger partial charge < -0.3 is 10.1 Å². The van der Waals surface area contributed by atoms with Gasteiger partial charge in [-0.05, 0) is 10.8 Å². The standard InChI is InChI=1S/C13H27NO/c1-12(2,3)10-9-14-7-8-15-11(10)13(4,5)6/h10-11,14H,7-9H2,1-6H3. The number of hydrogen-bond acceptors (Lipinski definition) is 2. The lowest BCUT2D eigenvalue weighted by Gasteiger charge is -2.42. The Morgan fingerprint density at radius 2 is 1.60 bits per heavy atom. The van der Waals surface area contributed by atoms with Crippen LogP contribution in [0.1, 0.15) is 41.5 Å². The Labute approximate surface area is 94.8 Å². The summed E-state index contributed by atoms with van der Waals surface area (Å²) in [5, 5.41) is 3.48. The van der Waals surface area contributed by atoms with Crippen molar-refractivity contribution in [2.45, 2.75) is 47.6 Å². The fraction of sp³-hybridized carbons (Fsp3) is 1.00. The summed E-state index contributed by atoms with van der Waals surface area (Å²) in [5.41, 5.74) is 0.527. The molecule has 0 amide bonds. The molecule has 1 aliphatic rings. The van der Waals surface area contributed by atoms with E-state index in [4.69, 9.17) is 4.74 Å². The van der Waals surface area contributed by atoms with Crippen molar-refractivity contribution in [3.05, 3.63) is 0 Å². The summed E-state index contributed by atoms with van der Waals surface area (Å²) in [6.07, 6.45) is 0.354. The average molecular weight is 213 g/mol. The third-order valence-electron chi connectivity index (χ3n) is 3.27. The highest BCUT2D eigenvalue weighted by Crippen LogP contribution is 2.38.